The van der Waals surface area contributed by atoms with Gasteiger partial charge in [-0.25, -0.2) is 0 Å². The number of aromatic nitrogens is 1. The number of nitrogens with zero attached hydrogens (tertiary/aromatic N) is 2. The number of hydrogen-bond acceptors (Lipinski definition) is 3. The lowest BCUT2D eigenvalue weighted by atomic mass is 10.1. The SMILES string of the molecule is CCC(C)n1c(-c2ccc(OC)cc2)ccc(C#N)c1=O. The van der Waals surface area contributed by atoms with Crippen molar-refractivity contribution >= 4 is 0 Å². The number of hydrogen-bond donors (Lipinski definition) is 0. The topological polar surface area (TPSA) is 55.0 Å². The maximum Gasteiger partial charge on any atom is 0.269 e. The van der Waals surface area contributed by atoms with Crippen molar-refractivity contribution in [2.45, 2.75) is 26.3 Å². The average Bonchev–Trinajstić information content (AvgIpc) is 2.54. The van der Waals surface area contributed by atoms with Gasteiger partial charge in [0.15, 0.2) is 0 Å². The number of ether oxygens (including phenoxy) is 1. The van der Waals surface area contributed by atoms with Crippen LogP contribution in [0, 0.1) is 11.3 Å². The number of methoxy groups -OCH3 is 1. The standard InChI is InChI=1S/C17H18N2O2/c1-4-12(2)19-16(10-7-14(11-18)17(19)20)13-5-8-15(21-3)9-6-13/h5-10,12H,4H2,1-3H3. The van der Waals surface area contributed by atoms with Crippen LogP contribution in [0.4, 0.5) is 0 Å². The molecular weight excluding hydrogens is 264 g/mol. The minimum absolute atomic E-state index is 0.0305. The summed E-state index contributed by atoms with van der Waals surface area (Å²) in [7, 11) is 1.62. The van der Waals surface area contributed by atoms with Crippen LogP contribution in [0.25, 0.3) is 11.3 Å². The fourth-order valence-corrected chi connectivity index (χ4v) is 2.26. The molecule has 0 amide bonds. The summed E-state index contributed by atoms with van der Waals surface area (Å²) in [6.07, 6.45) is 0.817. The molecule has 1 heterocycles. The van der Waals surface area contributed by atoms with Crippen molar-refractivity contribution in [2.75, 3.05) is 7.11 Å². The largest absolute Gasteiger partial charge is 0.497 e. The maximum absolute atomic E-state index is 12.4. The zero-order valence-corrected chi connectivity index (χ0v) is 12.5. The van der Waals surface area contributed by atoms with E-state index < -0.39 is 0 Å². The van der Waals surface area contributed by atoms with E-state index in [1.807, 2.05) is 50.2 Å². The van der Waals surface area contributed by atoms with Crippen molar-refractivity contribution in [1.82, 2.24) is 4.57 Å². The van der Waals surface area contributed by atoms with E-state index in [1.165, 1.54) is 0 Å². The third kappa shape index (κ3) is 2.82. The Morgan fingerprint density at radius 3 is 2.43 bits per heavy atom. The van der Waals surface area contributed by atoms with Gasteiger partial charge in [-0.1, -0.05) is 6.92 Å². The van der Waals surface area contributed by atoms with Crippen molar-refractivity contribution in [2.24, 2.45) is 0 Å². The monoisotopic (exact) mass is 282 g/mol. The van der Waals surface area contributed by atoms with Gasteiger partial charge in [0, 0.05) is 6.04 Å². The van der Waals surface area contributed by atoms with E-state index in [9.17, 15) is 4.79 Å². The second-order valence-corrected chi connectivity index (χ2v) is 4.90. The summed E-state index contributed by atoms with van der Waals surface area (Å²) in [6, 6.07) is 13.0. The second-order valence-electron chi connectivity index (χ2n) is 4.90. The van der Waals surface area contributed by atoms with Gasteiger partial charge in [0.05, 0.1) is 12.8 Å². The highest BCUT2D eigenvalue weighted by molar-refractivity contribution is 5.61. The molecular formula is C17H18N2O2. The van der Waals surface area contributed by atoms with Gasteiger partial charge < -0.3 is 9.30 Å². The van der Waals surface area contributed by atoms with Crippen molar-refractivity contribution in [3.8, 4) is 23.1 Å². The molecule has 0 bridgehead atoms. The zero-order valence-electron chi connectivity index (χ0n) is 12.5. The molecule has 2 aromatic rings. The summed E-state index contributed by atoms with van der Waals surface area (Å²) >= 11 is 0. The van der Waals surface area contributed by atoms with Crippen LogP contribution in [0.5, 0.6) is 5.75 Å². The average molecular weight is 282 g/mol. The van der Waals surface area contributed by atoms with E-state index in [1.54, 1.807) is 17.7 Å². The first-order valence-electron chi connectivity index (χ1n) is 6.92. The quantitative estimate of drug-likeness (QED) is 0.864. The molecule has 0 radical (unpaired) electrons. The summed E-state index contributed by atoms with van der Waals surface area (Å²) in [4.78, 5) is 12.4. The van der Waals surface area contributed by atoms with Crippen molar-refractivity contribution in [1.29, 1.82) is 5.26 Å². The predicted octanol–water partition coefficient (Wildman–Crippen LogP) is 3.37. The normalized spacial score (nSPS) is 11.7. The lowest BCUT2D eigenvalue weighted by molar-refractivity contribution is 0.415. The van der Waals surface area contributed by atoms with Crippen LogP contribution in [0.15, 0.2) is 41.2 Å². The smallest absolute Gasteiger partial charge is 0.269 e. The van der Waals surface area contributed by atoms with E-state index in [-0.39, 0.29) is 17.2 Å². The summed E-state index contributed by atoms with van der Waals surface area (Å²) in [6.45, 7) is 4.00. The lowest BCUT2D eigenvalue weighted by Crippen LogP contribution is -2.26. The number of nitriles is 1. The van der Waals surface area contributed by atoms with Gasteiger partial charge in [0.1, 0.15) is 17.4 Å². The Kier molecular flexibility index (Phi) is 4.44. The first-order valence-corrected chi connectivity index (χ1v) is 6.92. The molecule has 0 saturated carbocycles. The lowest BCUT2D eigenvalue weighted by Gasteiger charge is -2.19. The van der Waals surface area contributed by atoms with Crippen molar-refractivity contribution in [3.05, 3.63) is 52.3 Å². The van der Waals surface area contributed by atoms with Crippen molar-refractivity contribution < 1.29 is 4.74 Å². The highest BCUT2D eigenvalue weighted by Crippen LogP contribution is 2.24. The third-order valence-electron chi connectivity index (χ3n) is 3.65. The van der Waals surface area contributed by atoms with Gasteiger partial charge in [-0.3, -0.25) is 4.79 Å². The van der Waals surface area contributed by atoms with Crippen LogP contribution in [0.3, 0.4) is 0 Å². The van der Waals surface area contributed by atoms with Crippen LogP contribution >= 0.6 is 0 Å². The molecule has 108 valence electrons. The molecule has 4 heteroatoms. The molecule has 0 N–H and O–H groups in total. The molecule has 0 spiro atoms. The van der Waals surface area contributed by atoms with Crippen LogP contribution in [0.1, 0.15) is 31.9 Å². The van der Waals surface area contributed by atoms with Gasteiger partial charge >= 0.3 is 0 Å². The predicted molar refractivity (Wildman–Crippen MR) is 82.4 cm³/mol. The van der Waals surface area contributed by atoms with Gasteiger partial charge in [0.2, 0.25) is 0 Å². The number of pyridine rings is 1. The fraction of sp³-hybridized carbons (Fsp3) is 0.294. The Morgan fingerprint density at radius 1 is 1.24 bits per heavy atom. The molecule has 1 aromatic heterocycles. The second kappa shape index (κ2) is 6.27. The summed E-state index contributed by atoms with van der Waals surface area (Å²) in [5.74, 6) is 0.768. The van der Waals surface area contributed by atoms with Crippen molar-refractivity contribution in [3.63, 3.8) is 0 Å². The zero-order chi connectivity index (χ0) is 15.4. The molecule has 21 heavy (non-hydrogen) atoms. The molecule has 1 unspecified atom stereocenters. The highest BCUT2D eigenvalue weighted by atomic mass is 16.5. The Balaban J connectivity index is 2.65. The van der Waals surface area contributed by atoms with Crippen LogP contribution in [0.2, 0.25) is 0 Å². The van der Waals surface area contributed by atoms with E-state index >= 15 is 0 Å². The Bertz CT molecular complexity index is 724. The first-order chi connectivity index (χ1) is 10.1. The molecule has 0 aliphatic heterocycles. The van der Waals surface area contributed by atoms with Gasteiger partial charge in [-0.15, -0.1) is 0 Å². The van der Waals surface area contributed by atoms with Gasteiger partial charge in [-0.2, -0.15) is 5.26 Å². The molecule has 0 fully saturated rings. The van der Waals surface area contributed by atoms with E-state index in [0.717, 1.165) is 23.4 Å². The minimum Gasteiger partial charge on any atom is -0.497 e. The van der Waals surface area contributed by atoms with Gasteiger partial charge in [-0.05, 0) is 55.3 Å². The van der Waals surface area contributed by atoms with Crippen LogP contribution < -0.4 is 10.3 Å². The Hall–Kier alpha value is -2.54. The molecule has 0 aliphatic carbocycles. The molecule has 4 nitrogen and oxygen atoms in total. The highest BCUT2D eigenvalue weighted by Gasteiger charge is 2.14. The molecule has 0 saturated heterocycles. The Morgan fingerprint density at radius 2 is 1.90 bits per heavy atom. The summed E-state index contributed by atoms with van der Waals surface area (Å²) in [5.41, 5.74) is 1.68. The maximum atomic E-state index is 12.4. The Labute approximate surface area is 124 Å². The van der Waals surface area contributed by atoms with Crippen LogP contribution in [-0.4, -0.2) is 11.7 Å². The molecule has 1 atom stereocenters. The van der Waals surface area contributed by atoms with E-state index in [4.69, 9.17) is 10.00 Å². The molecule has 2 rings (SSSR count). The minimum atomic E-state index is -0.236. The summed E-state index contributed by atoms with van der Waals surface area (Å²) < 4.78 is 6.85. The number of rotatable bonds is 4. The van der Waals surface area contributed by atoms with Crippen LogP contribution in [-0.2, 0) is 0 Å². The van der Waals surface area contributed by atoms with E-state index in [2.05, 4.69) is 0 Å². The molecule has 0 aliphatic rings. The third-order valence-corrected chi connectivity index (χ3v) is 3.65. The van der Waals surface area contributed by atoms with E-state index in [0.29, 0.717) is 0 Å². The van der Waals surface area contributed by atoms with Gasteiger partial charge in [0.25, 0.3) is 5.56 Å². The first kappa shape index (κ1) is 14.9. The fourth-order valence-electron chi connectivity index (χ4n) is 2.26. The number of benzene rings is 1. The molecule has 1 aromatic carbocycles. The summed E-state index contributed by atoms with van der Waals surface area (Å²) in [5, 5.41) is 9.05.